The number of amides is 6. The van der Waals surface area contributed by atoms with Crippen LogP contribution in [-0.4, -0.2) is 232 Å². The van der Waals surface area contributed by atoms with Gasteiger partial charge >= 0.3 is 37.2 Å². The molecule has 0 aromatic heterocycles. The van der Waals surface area contributed by atoms with Crippen molar-refractivity contribution < 1.29 is 97.7 Å². The smallest absolute Gasteiger partial charge is 0.444 e. The highest BCUT2D eigenvalue weighted by atomic mass is 19.3. The topological polar surface area (TPSA) is 215 Å². The predicted octanol–water partition coefficient (Wildman–Crippen LogP) is 20.1. The molecule has 0 aliphatic carbocycles. The highest BCUT2D eigenvalue weighted by molar-refractivity contribution is 5.79. The van der Waals surface area contributed by atoms with Crippen LogP contribution < -0.4 is 28.4 Å². The minimum Gasteiger partial charge on any atom is -0.444 e. The Morgan fingerprint density at radius 1 is 0.311 bits per heavy atom. The number of piperidine rings is 3. The molecule has 132 heavy (non-hydrogen) atoms. The number of piperazine rings is 3. The quantitative estimate of drug-likeness (QED) is 0.0690. The van der Waals surface area contributed by atoms with E-state index in [-0.39, 0.29) is 141 Å². The zero-order valence-electron chi connectivity index (χ0n) is 79.9. The first-order chi connectivity index (χ1) is 61.8. The van der Waals surface area contributed by atoms with Gasteiger partial charge in [0, 0.05) is 152 Å². The minimum absolute atomic E-state index is 0.0207. The molecule has 720 valence electrons. The molecule has 0 bridgehead atoms. The van der Waals surface area contributed by atoms with Gasteiger partial charge in [-0.25, -0.2) is 14.4 Å². The van der Waals surface area contributed by atoms with Crippen LogP contribution in [0.15, 0.2) is 146 Å². The first kappa shape index (κ1) is 99.3. The van der Waals surface area contributed by atoms with E-state index < -0.39 is 35.7 Å². The van der Waals surface area contributed by atoms with Gasteiger partial charge in [0.05, 0.1) is 18.1 Å². The summed E-state index contributed by atoms with van der Waals surface area (Å²) in [6.07, 6.45) is -6.22. The summed E-state index contributed by atoms with van der Waals surface area (Å²) in [5, 5.41) is 0. The summed E-state index contributed by atoms with van der Waals surface area (Å²) >= 11 is 0. The fourth-order valence-electron chi connectivity index (χ4n) is 19.5. The normalized spacial score (nSPS) is 21.7. The monoisotopic (exact) mass is 1840 g/mol. The van der Waals surface area contributed by atoms with Crippen molar-refractivity contribution in [2.75, 3.05) is 98.2 Å². The van der Waals surface area contributed by atoms with E-state index in [0.29, 0.717) is 134 Å². The molecular weight excluding hydrogens is 1710 g/mol. The van der Waals surface area contributed by atoms with Crippen molar-refractivity contribution in [3.63, 3.8) is 0 Å². The van der Waals surface area contributed by atoms with E-state index in [9.17, 15) is 55.1 Å². The molecule has 6 aromatic carbocycles. The van der Waals surface area contributed by atoms with Crippen LogP contribution in [0.4, 0.5) is 40.7 Å². The third-order valence-corrected chi connectivity index (χ3v) is 26.1. The van der Waals surface area contributed by atoms with Crippen LogP contribution in [0.3, 0.4) is 0 Å². The van der Waals surface area contributed by atoms with Crippen LogP contribution in [0, 0.1) is 34.0 Å². The number of fused-ring (bicyclic) bond motifs is 3. The molecule has 30 heteroatoms. The van der Waals surface area contributed by atoms with Crippen molar-refractivity contribution in [3.05, 3.63) is 179 Å². The van der Waals surface area contributed by atoms with Crippen LogP contribution in [0.2, 0.25) is 0 Å². The molecule has 0 saturated carbocycles. The first-order valence-electron chi connectivity index (χ1n) is 46.7. The number of rotatable bonds is 15. The average Bonchev–Trinajstić information content (AvgIpc) is 1.45. The summed E-state index contributed by atoms with van der Waals surface area (Å²) in [7, 11) is 0. The van der Waals surface area contributed by atoms with Gasteiger partial charge < -0.3 is 72.0 Å². The van der Waals surface area contributed by atoms with E-state index in [1.807, 2.05) is 186 Å². The van der Waals surface area contributed by atoms with Gasteiger partial charge in [0.25, 0.3) is 0 Å². The SMILES string of the molecule is CC(C)(C)OC(=O)N1CCC(CC(=O)N2CCN(C(c3ccccc3)c3cccc4c3OC(F)(F)O4)C[C@@H]2C(C)(C)C)CC1.CC(C)(C)OC(=O)N1CCC(CC(=O)N2CCN(C(c3ccccc3)c3cccc4c3OC(F)(F)O4)C[C@@H]2C(C)(C)C)CC1.CC(C)(C)OC(=O)N1CCC(CC(=O)N2CCN(C(c3ccccc3)c3cccc4c3OC(F)(F)O4)C[C@@H]2C(C)(C)C)CC1. The van der Waals surface area contributed by atoms with E-state index in [2.05, 4.69) is 77.0 Å². The Hall–Kier alpha value is -10.2. The summed E-state index contributed by atoms with van der Waals surface area (Å²) in [5.74, 6) is 1.16. The fourth-order valence-corrected chi connectivity index (χ4v) is 19.5. The lowest BCUT2D eigenvalue weighted by Gasteiger charge is -2.50. The molecule has 6 fully saturated rings. The third-order valence-electron chi connectivity index (χ3n) is 26.1. The highest BCUT2D eigenvalue weighted by Crippen LogP contribution is 2.53. The zero-order chi connectivity index (χ0) is 95.6. The number of para-hydroxylation sites is 3. The molecule has 9 heterocycles. The summed E-state index contributed by atoms with van der Waals surface area (Å²) < 4.78 is 131. The van der Waals surface area contributed by atoms with Gasteiger partial charge in [-0.15, -0.1) is 26.3 Å². The minimum atomic E-state index is -3.72. The molecule has 0 spiro atoms. The number of benzene rings is 6. The molecule has 6 saturated heterocycles. The number of ether oxygens (including phenoxy) is 9. The number of hydrogen-bond donors (Lipinski definition) is 0. The molecule has 9 aliphatic heterocycles. The van der Waals surface area contributed by atoms with Gasteiger partial charge in [0.2, 0.25) is 17.7 Å². The van der Waals surface area contributed by atoms with Gasteiger partial charge in [-0.3, -0.25) is 29.1 Å². The predicted molar refractivity (Wildman–Crippen MR) is 488 cm³/mol. The maximum atomic E-state index is 14.2. The summed E-state index contributed by atoms with van der Waals surface area (Å²) in [5.41, 5.74) is 2.33. The number of carbonyl (C=O) groups is 6. The lowest BCUT2D eigenvalue weighted by atomic mass is 9.82. The van der Waals surface area contributed by atoms with Gasteiger partial charge in [-0.2, -0.15) is 0 Å². The van der Waals surface area contributed by atoms with Crippen LogP contribution in [0.25, 0.3) is 0 Å². The van der Waals surface area contributed by atoms with E-state index in [1.54, 1.807) is 32.9 Å². The van der Waals surface area contributed by atoms with E-state index in [1.165, 1.54) is 18.2 Å². The molecule has 6 amide bonds. The molecule has 9 aliphatic rings. The van der Waals surface area contributed by atoms with Crippen molar-refractivity contribution in [2.24, 2.45) is 34.0 Å². The molecular formula is C102H135F6N9O15. The molecule has 0 radical (unpaired) electrons. The summed E-state index contributed by atoms with van der Waals surface area (Å²) in [6, 6.07) is 43.0. The molecule has 24 nitrogen and oxygen atoms in total. The van der Waals surface area contributed by atoms with Gasteiger partial charge in [0.1, 0.15) is 16.8 Å². The van der Waals surface area contributed by atoms with Crippen LogP contribution in [-0.2, 0) is 28.6 Å². The first-order valence-corrected chi connectivity index (χ1v) is 46.7. The van der Waals surface area contributed by atoms with Gasteiger partial charge in [0.15, 0.2) is 34.5 Å². The molecule has 6 aromatic rings. The number of halogens is 6. The Balaban J connectivity index is 0.000000168. The Bertz CT molecular complexity index is 4490. The number of alkyl halides is 6. The van der Waals surface area contributed by atoms with Crippen molar-refractivity contribution in [3.8, 4) is 34.5 Å². The lowest BCUT2D eigenvalue weighted by molar-refractivity contribution is -0.287. The van der Waals surface area contributed by atoms with E-state index in [0.717, 1.165) is 55.2 Å². The third kappa shape index (κ3) is 25.1. The Morgan fingerprint density at radius 3 is 0.750 bits per heavy atom. The molecule has 3 unspecified atom stereocenters. The van der Waals surface area contributed by atoms with Crippen molar-refractivity contribution in [1.29, 1.82) is 0 Å². The second-order valence-electron chi connectivity index (χ2n) is 42.7. The second kappa shape index (κ2) is 39.8. The maximum absolute atomic E-state index is 14.2. The maximum Gasteiger partial charge on any atom is 0.586 e. The number of hydrogen-bond acceptors (Lipinski definition) is 18. The lowest BCUT2D eigenvalue weighted by Crippen LogP contribution is -2.60. The highest BCUT2D eigenvalue weighted by Gasteiger charge is 2.52. The van der Waals surface area contributed by atoms with Crippen LogP contribution in [0.5, 0.6) is 34.5 Å². The molecule has 6 atom stereocenters. The largest absolute Gasteiger partial charge is 0.586 e. The van der Waals surface area contributed by atoms with Gasteiger partial charge in [-0.1, -0.05) is 190 Å². The standard InChI is InChI=1S/3C34H45F2N3O5/c3*1-32(2,3)27-22-38(19-20-39(27)28(40)21-23-15-17-37(18-16-23)31(41)44-33(4,5)6)29(24-11-8-7-9-12-24)25-13-10-14-26-30(25)43-34(35,36)42-26/h3*7-14,23,27,29H,15-22H2,1-6H3/t3*27-,29?/m111/s1. The molecule has 15 rings (SSSR count). The van der Waals surface area contributed by atoms with Crippen molar-refractivity contribution in [2.45, 2.75) is 254 Å². The van der Waals surface area contributed by atoms with Crippen molar-refractivity contribution in [1.82, 2.24) is 44.1 Å². The Labute approximate surface area is 774 Å². The van der Waals surface area contributed by atoms with E-state index in [4.69, 9.17) is 42.6 Å². The number of nitrogens with zero attached hydrogens (tertiary/aromatic N) is 9. The Morgan fingerprint density at radius 2 is 0.538 bits per heavy atom. The number of likely N-dealkylation sites (tertiary alicyclic amines) is 3. The Kier molecular flexibility index (Phi) is 29.9. The molecule has 0 N–H and O–H groups in total. The summed E-state index contributed by atoms with van der Waals surface area (Å²) in [6.45, 7) is 44.3. The van der Waals surface area contributed by atoms with Crippen LogP contribution in [0.1, 0.15) is 234 Å². The van der Waals surface area contributed by atoms with Crippen LogP contribution >= 0.6 is 0 Å². The fraction of sp³-hybridized carbons (Fsp3) is 0.588. The number of carbonyl (C=O) groups excluding carboxylic acids is 6. The average molecular weight is 1840 g/mol. The van der Waals surface area contributed by atoms with E-state index >= 15 is 0 Å². The van der Waals surface area contributed by atoms with Crippen molar-refractivity contribution >= 4 is 36.0 Å². The van der Waals surface area contributed by atoms with Gasteiger partial charge in [-0.05, 0) is 170 Å². The second-order valence-corrected chi connectivity index (χ2v) is 42.7. The zero-order valence-corrected chi connectivity index (χ0v) is 79.9. The summed E-state index contributed by atoms with van der Waals surface area (Å²) in [4.78, 5) is 97.1.